The summed E-state index contributed by atoms with van der Waals surface area (Å²) in [5.74, 6) is 2.10. The second-order valence-corrected chi connectivity index (χ2v) is 7.38. The molecule has 2 unspecified atom stereocenters. The first-order valence-corrected chi connectivity index (χ1v) is 8.21. The second kappa shape index (κ2) is 9.53. The molecule has 2 atom stereocenters. The smallest absolute Gasteiger partial charge is 0.241 e. The van der Waals surface area contributed by atoms with E-state index in [1.807, 2.05) is 4.90 Å². The Morgan fingerprint density at radius 1 is 1.22 bits per heavy atom. The Labute approximate surface area is 140 Å². The van der Waals surface area contributed by atoms with Gasteiger partial charge in [0.15, 0.2) is 0 Å². The Balaban J connectivity index is 0.000000509. The van der Waals surface area contributed by atoms with Crippen LogP contribution in [0.1, 0.15) is 41.5 Å². The van der Waals surface area contributed by atoms with Gasteiger partial charge in [0.1, 0.15) is 0 Å². The molecule has 0 spiro atoms. The highest BCUT2D eigenvalue weighted by Crippen LogP contribution is 2.61. The Morgan fingerprint density at radius 2 is 1.61 bits per heavy atom. The monoisotopic (exact) mass is 327 g/mol. The van der Waals surface area contributed by atoms with Crippen LogP contribution in [0.3, 0.4) is 0 Å². The highest BCUT2D eigenvalue weighted by Gasteiger charge is 2.62. The van der Waals surface area contributed by atoms with Gasteiger partial charge in [0.05, 0.1) is 6.54 Å². The Hall–Kier alpha value is -1.59. The van der Waals surface area contributed by atoms with Gasteiger partial charge in [-0.25, -0.2) is 0 Å². The van der Waals surface area contributed by atoms with Gasteiger partial charge in [-0.15, -0.1) is 0 Å². The molecule has 1 aliphatic carbocycles. The zero-order valence-corrected chi connectivity index (χ0v) is 15.6. The van der Waals surface area contributed by atoms with E-state index in [9.17, 15) is 9.59 Å². The highest BCUT2D eigenvalue weighted by atomic mass is 16.2. The minimum Gasteiger partial charge on any atom is -0.362 e. The maximum Gasteiger partial charge on any atom is 0.241 e. The van der Waals surface area contributed by atoms with Gasteiger partial charge >= 0.3 is 0 Å². The molecule has 134 valence electrons. The number of amides is 3. The molecule has 1 saturated heterocycles. The van der Waals surface area contributed by atoms with Crippen molar-refractivity contribution in [1.29, 1.82) is 0 Å². The number of fused-ring (bicyclic) bond motifs is 1. The molecule has 0 aromatic carbocycles. The highest BCUT2D eigenvalue weighted by molar-refractivity contribution is 5.84. The summed E-state index contributed by atoms with van der Waals surface area (Å²) in [6.07, 6.45) is 0.625. The molecule has 0 radical (unpaired) electrons. The van der Waals surface area contributed by atoms with E-state index >= 15 is 0 Å². The molecule has 1 aliphatic heterocycles. The van der Waals surface area contributed by atoms with E-state index in [1.165, 1.54) is 6.92 Å². The zero-order valence-electron chi connectivity index (χ0n) is 15.6. The van der Waals surface area contributed by atoms with Crippen LogP contribution in [0.25, 0.3) is 0 Å². The van der Waals surface area contributed by atoms with Crippen molar-refractivity contribution in [2.75, 3.05) is 26.7 Å². The maximum absolute atomic E-state index is 11.6. The summed E-state index contributed by atoms with van der Waals surface area (Å²) in [6, 6.07) is 0. The molecule has 23 heavy (non-hydrogen) atoms. The minimum atomic E-state index is -0.145. The molecule has 1 heterocycles. The minimum absolute atomic E-state index is 0.0493. The lowest BCUT2D eigenvalue weighted by molar-refractivity contribution is -0.132. The fourth-order valence-electron chi connectivity index (χ4n) is 2.65. The number of piperidine rings is 1. The number of hydrogen-bond acceptors (Lipinski definition) is 3. The number of nitrogens with zero attached hydrogens (tertiary/aromatic N) is 1. The van der Waals surface area contributed by atoms with Gasteiger partial charge in [-0.05, 0) is 23.2 Å². The van der Waals surface area contributed by atoms with Crippen LogP contribution in [-0.4, -0.2) is 49.8 Å². The summed E-state index contributed by atoms with van der Waals surface area (Å²) >= 11 is 0. The van der Waals surface area contributed by atoms with Crippen LogP contribution in [0.2, 0.25) is 0 Å². The molecule has 2 aliphatic rings. The third-order valence-electron chi connectivity index (χ3n) is 4.08. The molecule has 2 rings (SSSR count). The van der Waals surface area contributed by atoms with Crippen LogP contribution < -0.4 is 10.6 Å². The molecular weight excluding hydrogens is 294 g/mol. The maximum atomic E-state index is 11.6. The molecular formula is C17H33N3O3. The Kier molecular flexibility index (Phi) is 8.87. The predicted octanol–water partition coefficient (Wildman–Crippen LogP) is 1.26. The first kappa shape index (κ1) is 21.4. The zero-order chi connectivity index (χ0) is 18.2. The van der Waals surface area contributed by atoms with Crippen molar-refractivity contribution >= 4 is 18.2 Å². The SMILES string of the molecule is CC(=O)NCC(=O)N1CC2C(C1)C2(C)C.CC(C)C.CNC=O. The normalized spacial score (nSPS) is 22.7. The van der Waals surface area contributed by atoms with Crippen molar-refractivity contribution < 1.29 is 14.4 Å². The predicted molar refractivity (Wildman–Crippen MR) is 91.7 cm³/mol. The summed E-state index contributed by atoms with van der Waals surface area (Å²) < 4.78 is 0. The van der Waals surface area contributed by atoms with Crippen LogP contribution in [0.5, 0.6) is 0 Å². The molecule has 6 nitrogen and oxygen atoms in total. The lowest BCUT2D eigenvalue weighted by Gasteiger charge is -2.22. The van der Waals surface area contributed by atoms with Crippen molar-refractivity contribution in [2.24, 2.45) is 23.2 Å². The summed E-state index contributed by atoms with van der Waals surface area (Å²) in [5, 5.41) is 4.79. The van der Waals surface area contributed by atoms with E-state index in [-0.39, 0.29) is 18.4 Å². The largest absolute Gasteiger partial charge is 0.362 e. The molecule has 2 N–H and O–H groups in total. The van der Waals surface area contributed by atoms with Crippen molar-refractivity contribution in [3.63, 3.8) is 0 Å². The van der Waals surface area contributed by atoms with Gasteiger partial charge in [-0.2, -0.15) is 0 Å². The average molecular weight is 327 g/mol. The van der Waals surface area contributed by atoms with Crippen LogP contribution in [0.15, 0.2) is 0 Å². The van der Waals surface area contributed by atoms with Gasteiger partial charge < -0.3 is 15.5 Å². The fraction of sp³-hybridized carbons (Fsp3) is 0.824. The number of carbonyl (C=O) groups is 3. The van der Waals surface area contributed by atoms with Crippen LogP contribution in [0, 0.1) is 23.2 Å². The topological polar surface area (TPSA) is 78.5 Å². The van der Waals surface area contributed by atoms with Crippen molar-refractivity contribution in [1.82, 2.24) is 15.5 Å². The average Bonchev–Trinajstić information content (AvgIpc) is 2.83. The lowest BCUT2D eigenvalue weighted by Crippen LogP contribution is -2.40. The third-order valence-corrected chi connectivity index (χ3v) is 4.08. The van der Waals surface area contributed by atoms with Crippen LogP contribution in [0.4, 0.5) is 0 Å². The quantitative estimate of drug-likeness (QED) is 0.766. The van der Waals surface area contributed by atoms with Crippen LogP contribution in [-0.2, 0) is 14.4 Å². The summed E-state index contributed by atoms with van der Waals surface area (Å²) in [4.78, 5) is 33.2. The Morgan fingerprint density at radius 3 is 1.91 bits per heavy atom. The Bertz CT molecular complexity index is 391. The van der Waals surface area contributed by atoms with Crippen molar-refractivity contribution in [3.05, 3.63) is 0 Å². The number of hydrogen-bond donors (Lipinski definition) is 2. The van der Waals surface area contributed by atoms with Gasteiger partial charge in [-0.3, -0.25) is 14.4 Å². The number of rotatable bonds is 3. The summed E-state index contributed by atoms with van der Waals surface area (Å²) in [6.45, 7) is 14.3. The summed E-state index contributed by atoms with van der Waals surface area (Å²) in [7, 11) is 1.56. The van der Waals surface area contributed by atoms with Gasteiger partial charge in [0.2, 0.25) is 18.2 Å². The fourth-order valence-corrected chi connectivity index (χ4v) is 2.65. The van der Waals surface area contributed by atoms with Gasteiger partial charge in [0.25, 0.3) is 0 Å². The van der Waals surface area contributed by atoms with E-state index < -0.39 is 0 Å². The molecule has 0 aromatic rings. The van der Waals surface area contributed by atoms with E-state index in [0.29, 0.717) is 23.7 Å². The number of carbonyl (C=O) groups excluding carboxylic acids is 3. The van der Waals surface area contributed by atoms with E-state index in [2.05, 4.69) is 45.3 Å². The van der Waals surface area contributed by atoms with E-state index in [0.717, 1.165) is 19.0 Å². The van der Waals surface area contributed by atoms with Crippen molar-refractivity contribution in [3.8, 4) is 0 Å². The van der Waals surface area contributed by atoms with E-state index in [4.69, 9.17) is 4.79 Å². The molecule has 0 aromatic heterocycles. The van der Waals surface area contributed by atoms with E-state index in [1.54, 1.807) is 7.05 Å². The first-order chi connectivity index (χ1) is 10.6. The molecule has 0 bridgehead atoms. The van der Waals surface area contributed by atoms with Crippen molar-refractivity contribution in [2.45, 2.75) is 41.5 Å². The number of nitrogens with one attached hydrogen (secondary N) is 2. The molecule has 2 fully saturated rings. The van der Waals surface area contributed by atoms with Gasteiger partial charge in [0, 0.05) is 27.1 Å². The summed E-state index contributed by atoms with van der Waals surface area (Å²) in [5.41, 5.74) is 0.435. The second-order valence-electron chi connectivity index (χ2n) is 7.38. The standard InChI is InChI=1S/C11H18N2O2.C4H10.C2H5NO/c1-7(14)12-4-10(15)13-5-8-9(6-13)11(8,2)3;1-4(2)3;1-3-2-4/h8-9H,4-6H2,1-3H3,(H,12,14);4H,1-3H3;2H,1H3,(H,3,4). The van der Waals surface area contributed by atoms with Gasteiger partial charge in [-0.1, -0.05) is 34.6 Å². The third kappa shape index (κ3) is 7.48. The molecule has 6 heteroatoms. The number of likely N-dealkylation sites (tertiary alicyclic amines) is 1. The van der Waals surface area contributed by atoms with Crippen LogP contribution >= 0.6 is 0 Å². The lowest BCUT2D eigenvalue weighted by atomic mass is 10.1. The first-order valence-electron chi connectivity index (χ1n) is 8.21. The molecule has 1 saturated carbocycles. The molecule has 3 amide bonds.